The number of ether oxygens (including phenoxy) is 3. The van der Waals surface area contributed by atoms with Gasteiger partial charge < -0.3 is 19.1 Å². The Labute approximate surface area is 165 Å². The van der Waals surface area contributed by atoms with E-state index in [2.05, 4.69) is 9.88 Å². The number of carbonyl (C=O) groups is 1. The number of hydrogen-bond acceptors (Lipinski definition) is 6. The molecule has 0 unspecified atom stereocenters. The predicted molar refractivity (Wildman–Crippen MR) is 108 cm³/mol. The Morgan fingerprint density at radius 2 is 1.89 bits per heavy atom. The molecule has 1 aliphatic heterocycles. The molecule has 148 valence electrons. The third-order valence-corrected chi connectivity index (χ3v) is 4.77. The lowest BCUT2D eigenvalue weighted by Crippen LogP contribution is -2.29. The van der Waals surface area contributed by atoms with Crippen molar-refractivity contribution in [2.24, 2.45) is 0 Å². The van der Waals surface area contributed by atoms with Gasteiger partial charge >= 0.3 is 5.97 Å². The van der Waals surface area contributed by atoms with E-state index in [1.165, 1.54) is 39.7 Å². The van der Waals surface area contributed by atoms with Gasteiger partial charge in [0.05, 0.1) is 32.4 Å². The van der Waals surface area contributed by atoms with Crippen molar-refractivity contribution in [1.82, 2.24) is 4.98 Å². The highest BCUT2D eigenvalue weighted by molar-refractivity contribution is 6.16. The zero-order valence-corrected chi connectivity index (χ0v) is 16.4. The van der Waals surface area contributed by atoms with E-state index in [4.69, 9.17) is 14.2 Å². The second kappa shape index (κ2) is 9.78. The van der Waals surface area contributed by atoms with Crippen LogP contribution in [0.25, 0.3) is 5.57 Å². The van der Waals surface area contributed by atoms with E-state index in [0.29, 0.717) is 17.0 Å². The van der Waals surface area contributed by atoms with Crippen LogP contribution in [0.2, 0.25) is 0 Å². The number of anilines is 1. The van der Waals surface area contributed by atoms with Crippen LogP contribution in [0.1, 0.15) is 30.4 Å². The highest BCUT2D eigenvalue weighted by Gasteiger charge is 2.17. The second-order valence-electron chi connectivity index (χ2n) is 6.61. The molecule has 2 aromatic rings. The van der Waals surface area contributed by atoms with Gasteiger partial charge in [-0.1, -0.05) is 24.3 Å². The molecule has 0 aliphatic carbocycles. The summed E-state index contributed by atoms with van der Waals surface area (Å²) in [6.45, 7) is 2.44. The molecule has 6 heteroatoms. The first-order chi connectivity index (χ1) is 13.7. The summed E-state index contributed by atoms with van der Waals surface area (Å²) in [5.41, 5.74) is 3.03. The fourth-order valence-corrected chi connectivity index (χ4v) is 3.31. The maximum absolute atomic E-state index is 12.1. The molecule has 1 fully saturated rings. The molecule has 0 amide bonds. The molecule has 0 saturated carbocycles. The molecule has 0 bridgehead atoms. The van der Waals surface area contributed by atoms with Gasteiger partial charge in [-0.05, 0) is 36.5 Å². The molecular weight excluding hydrogens is 356 g/mol. The molecule has 1 aromatic carbocycles. The number of carbonyl (C=O) groups excluding carboxylic acids is 1. The maximum Gasteiger partial charge on any atom is 0.341 e. The van der Waals surface area contributed by atoms with Gasteiger partial charge in [0.25, 0.3) is 0 Å². The van der Waals surface area contributed by atoms with Gasteiger partial charge in [0, 0.05) is 19.2 Å². The van der Waals surface area contributed by atoms with Gasteiger partial charge in [-0.25, -0.2) is 9.78 Å². The second-order valence-corrected chi connectivity index (χ2v) is 6.61. The Morgan fingerprint density at radius 1 is 1.11 bits per heavy atom. The monoisotopic (exact) mass is 382 g/mol. The van der Waals surface area contributed by atoms with E-state index in [1.54, 1.807) is 0 Å². The summed E-state index contributed by atoms with van der Waals surface area (Å²) >= 11 is 0. The SMILES string of the molecule is COC=C(C(=O)OC)c1ccccc1COc1ccc(N2CCCCC2)cn1. The molecule has 0 spiro atoms. The first-order valence-electron chi connectivity index (χ1n) is 9.46. The predicted octanol–water partition coefficient (Wildman–Crippen LogP) is 3.81. The zero-order valence-electron chi connectivity index (χ0n) is 16.4. The quantitative estimate of drug-likeness (QED) is 0.412. The zero-order chi connectivity index (χ0) is 19.8. The lowest BCUT2D eigenvalue weighted by atomic mass is 10.0. The molecule has 1 aromatic heterocycles. The van der Waals surface area contributed by atoms with Crippen LogP contribution in [0.3, 0.4) is 0 Å². The lowest BCUT2D eigenvalue weighted by molar-refractivity contribution is -0.133. The van der Waals surface area contributed by atoms with E-state index in [9.17, 15) is 4.79 Å². The summed E-state index contributed by atoms with van der Waals surface area (Å²) in [5.74, 6) is 0.0872. The smallest absolute Gasteiger partial charge is 0.341 e. The molecule has 0 radical (unpaired) electrons. The minimum atomic E-state index is -0.460. The van der Waals surface area contributed by atoms with Crippen molar-refractivity contribution in [2.45, 2.75) is 25.9 Å². The van der Waals surface area contributed by atoms with Gasteiger partial charge in [-0.3, -0.25) is 0 Å². The van der Waals surface area contributed by atoms with Crippen molar-refractivity contribution >= 4 is 17.2 Å². The van der Waals surface area contributed by atoms with Gasteiger partial charge in [0.1, 0.15) is 12.2 Å². The average Bonchev–Trinajstić information content (AvgIpc) is 2.77. The number of methoxy groups -OCH3 is 2. The number of nitrogens with zero attached hydrogens (tertiary/aromatic N) is 2. The van der Waals surface area contributed by atoms with Crippen molar-refractivity contribution in [2.75, 3.05) is 32.2 Å². The van der Waals surface area contributed by atoms with Crippen LogP contribution >= 0.6 is 0 Å². The van der Waals surface area contributed by atoms with Crippen LogP contribution in [0, 0.1) is 0 Å². The van der Waals surface area contributed by atoms with Crippen molar-refractivity contribution < 1.29 is 19.0 Å². The molecule has 3 rings (SSSR count). The number of aromatic nitrogens is 1. The summed E-state index contributed by atoms with van der Waals surface area (Å²) in [6.07, 6.45) is 7.00. The molecule has 28 heavy (non-hydrogen) atoms. The molecule has 1 saturated heterocycles. The van der Waals surface area contributed by atoms with E-state index in [-0.39, 0.29) is 6.61 Å². The highest BCUT2D eigenvalue weighted by atomic mass is 16.5. The topological polar surface area (TPSA) is 60.9 Å². The third-order valence-electron chi connectivity index (χ3n) is 4.77. The Kier molecular flexibility index (Phi) is 6.89. The third kappa shape index (κ3) is 4.82. The first kappa shape index (κ1) is 19.7. The maximum atomic E-state index is 12.1. The number of rotatable bonds is 7. The molecular formula is C22H26N2O4. The Morgan fingerprint density at radius 3 is 2.57 bits per heavy atom. The van der Waals surface area contributed by atoms with Crippen molar-refractivity contribution in [1.29, 1.82) is 0 Å². The fourth-order valence-electron chi connectivity index (χ4n) is 3.31. The van der Waals surface area contributed by atoms with E-state index in [0.717, 1.165) is 24.3 Å². The molecule has 0 N–H and O–H groups in total. The van der Waals surface area contributed by atoms with E-state index in [1.807, 2.05) is 42.6 Å². The summed E-state index contributed by atoms with van der Waals surface area (Å²) in [4.78, 5) is 18.9. The minimum Gasteiger partial charge on any atom is -0.503 e. The van der Waals surface area contributed by atoms with Crippen molar-refractivity contribution in [3.8, 4) is 5.88 Å². The summed E-state index contributed by atoms with van der Waals surface area (Å²) < 4.78 is 15.8. The van der Waals surface area contributed by atoms with Gasteiger partial charge in [0.2, 0.25) is 5.88 Å². The molecule has 1 aliphatic rings. The Hall–Kier alpha value is -3.02. The number of benzene rings is 1. The van der Waals surface area contributed by atoms with Crippen molar-refractivity contribution in [3.63, 3.8) is 0 Å². The Balaban J connectivity index is 1.71. The molecule has 0 atom stereocenters. The summed E-state index contributed by atoms with van der Waals surface area (Å²) in [5, 5.41) is 0. The standard InChI is InChI=1S/C22H26N2O4/c1-26-16-20(22(25)27-2)19-9-5-4-8-17(19)15-28-21-11-10-18(14-23-21)24-12-6-3-7-13-24/h4-5,8-11,14,16H,3,6-7,12-13,15H2,1-2H3. The van der Waals surface area contributed by atoms with Crippen LogP contribution < -0.4 is 9.64 Å². The summed E-state index contributed by atoms with van der Waals surface area (Å²) in [6, 6.07) is 11.4. The fraction of sp³-hybridized carbons (Fsp3) is 0.364. The molecule has 2 heterocycles. The number of pyridine rings is 1. The normalized spacial score (nSPS) is 14.5. The largest absolute Gasteiger partial charge is 0.503 e. The lowest BCUT2D eigenvalue weighted by Gasteiger charge is -2.28. The average molecular weight is 382 g/mol. The van der Waals surface area contributed by atoms with Gasteiger partial charge in [0.15, 0.2) is 0 Å². The van der Waals surface area contributed by atoms with Crippen LogP contribution in [0.15, 0.2) is 48.9 Å². The van der Waals surface area contributed by atoms with Gasteiger partial charge in [-0.2, -0.15) is 0 Å². The first-order valence-corrected chi connectivity index (χ1v) is 9.46. The van der Waals surface area contributed by atoms with Crippen LogP contribution in [-0.4, -0.2) is 38.3 Å². The van der Waals surface area contributed by atoms with Crippen LogP contribution in [0.5, 0.6) is 5.88 Å². The minimum absolute atomic E-state index is 0.282. The van der Waals surface area contributed by atoms with Crippen molar-refractivity contribution in [3.05, 3.63) is 60.0 Å². The number of esters is 1. The van der Waals surface area contributed by atoms with Crippen LogP contribution in [0.4, 0.5) is 5.69 Å². The summed E-state index contributed by atoms with van der Waals surface area (Å²) in [7, 11) is 2.84. The highest BCUT2D eigenvalue weighted by Crippen LogP contribution is 2.24. The number of hydrogen-bond donors (Lipinski definition) is 0. The van der Waals surface area contributed by atoms with E-state index >= 15 is 0 Å². The number of piperidine rings is 1. The Bertz CT molecular complexity index is 812. The van der Waals surface area contributed by atoms with E-state index < -0.39 is 5.97 Å². The molecule has 6 nitrogen and oxygen atoms in total. The van der Waals surface area contributed by atoms with Crippen LogP contribution in [-0.2, 0) is 20.9 Å². The van der Waals surface area contributed by atoms with Gasteiger partial charge in [-0.15, -0.1) is 0 Å².